The van der Waals surface area contributed by atoms with Gasteiger partial charge in [0.25, 0.3) is 5.91 Å². The number of rotatable bonds is 5. The number of carbonyl (C=O) groups excluding carboxylic acids is 1. The molecule has 0 aliphatic heterocycles. The highest BCUT2D eigenvalue weighted by molar-refractivity contribution is 7.17. The number of aromatic nitrogens is 2. The molecule has 1 heterocycles. The van der Waals surface area contributed by atoms with Crippen LogP contribution in [0.5, 0.6) is 0 Å². The zero-order chi connectivity index (χ0) is 11.3. The van der Waals surface area contributed by atoms with Crippen molar-refractivity contribution in [1.29, 1.82) is 0 Å². The van der Waals surface area contributed by atoms with E-state index in [1.54, 1.807) is 4.90 Å². The summed E-state index contributed by atoms with van der Waals surface area (Å²) in [6.07, 6.45) is 1.89. The van der Waals surface area contributed by atoms with E-state index in [0.717, 1.165) is 37.3 Å². The van der Waals surface area contributed by atoms with Gasteiger partial charge in [0, 0.05) is 13.1 Å². The number of carbonyl (C=O) groups is 1. The van der Waals surface area contributed by atoms with Gasteiger partial charge in [0.1, 0.15) is 0 Å². The maximum atomic E-state index is 11.9. The van der Waals surface area contributed by atoms with Crippen LogP contribution in [0.4, 0.5) is 0 Å². The highest BCUT2D eigenvalue weighted by Gasteiger charge is 2.18. The first kappa shape index (κ1) is 12.4. The van der Waals surface area contributed by atoms with Crippen LogP contribution in [-0.4, -0.2) is 34.1 Å². The number of halogens is 1. The van der Waals surface area contributed by atoms with E-state index >= 15 is 0 Å². The molecular weight excluding hydrogens is 234 g/mol. The van der Waals surface area contributed by atoms with Crippen LogP contribution in [0.1, 0.15) is 36.5 Å². The molecule has 4 nitrogen and oxygen atoms in total. The van der Waals surface area contributed by atoms with Crippen LogP contribution in [0.3, 0.4) is 0 Å². The van der Waals surface area contributed by atoms with Gasteiger partial charge in [-0.05, 0) is 24.4 Å². The van der Waals surface area contributed by atoms with Gasteiger partial charge in [-0.2, -0.15) is 0 Å². The fraction of sp³-hybridized carbons (Fsp3) is 0.667. The molecule has 0 radical (unpaired) electrons. The molecule has 0 aromatic carbocycles. The standard InChI is InChI=1S/C9H14ClN3OS/c1-3-5-13(6-4-2)8(14)7-11-12-9(10)15-7/h3-6H2,1-2H3. The van der Waals surface area contributed by atoms with Crippen molar-refractivity contribution in [2.24, 2.45) is 0 Å². The van der Waals surface area contributed by atoms with Crippen LogP contribution in [0, 0.1) is 0 Å². The molecule has 1 aromatic rings. The molecule has 0 spiro atoms. The summed E-state index contributed by atoms with van der Waals surface area (Å²) in [7, 11) is 0. The molecule has 0 saturated carbocycles. The van der Waals surface area contributed by atoms with E-state index in [0.29, 0.717) is 9.47 Å². The van der Waals surface area contributed by atoms with Gasteiger partial charge in [0.15, 0.2) is 0 Å². The molecule has 0 aliphatic rings. The highest BCUT2D eigenvalue weighted by Crippen LogP contribution is 2.16. The van der Waals surface area contributed by atoms with Crippen molar-refractivity contribution in [2.75, 3.05) is 13.1 Å². The summed E-state index contributed by atoms with van der Waals surface area (Å²) in [6, 6.07) is 0. The van der Waals surface area contributed by atoms with Crippen LogP contribution in [-0.2, 0) is 0 Å². The van der Waals surface area contributed by atoms with Gasteiger partial charge in [-0.3, -0.25) is 4.79 Å². The minimum Gasteiger partial charge on any atom is -0.337 e. The van der Waals surface area contributed by atoms with E-state index in [9.17, 15) is 4.79 Å². The quantitative estimate of drug-likeness (QED) is 0.803. The fourth-order valence-corrected chi connectivity index (χ4v) is 2.08. The van der Waals surface area contributed by atoms with Crippen LogP contribution in [0.2, 0.25) is 4.47 Å². The van der Waals surface area contributed by atoms with Crippen LogP contribution < -0.4 is 0 Å². The topological polar surface area (TPSA) is 46.1 Å². The zero-order valence-corrected chi connectivity index (χ0v) is 10.4. The number of hydrogen-bond donors (Lipinski definition) is 0. The van der Waals surface area contributed by atoms with Crippen molar-refractivity contribution in [3.05, 3.63) is 9.47 Å². The van der Waals surface area contributed by atoms with Crippen molar-refractivity contribution in [1.82, 2.24) is 15.1 Å². The van der Waals surface area contributed by atoms with Gasteiger partial charge in [0.2, 0.25) is 9.47 Å². The normalized spacial score (nSPS) is 10.3. The Labute approximate surface area is 98.3 Å². The summed E-state index contributed by atoms with van der Waals surface area (Å²) in [5.74, 6) is -0.0666. The molecule has 0 fully saturated rings. The van der Waals surface area contributed by atoms with E-state index in [-0.39, 0.29) is 5.91 Å². The molecule has 0 atom stereocenters. The van der Waals surface area contributed by atoms with Gasteiger partial charge in [0.05, 0.1) is 0 Å². The second kappa shape index (κ2) is 6.02. The van der Waals surface area contributed by atoms with E-state index in [1.807, 2.05) is 13.8 Å². The molecule has 0 saturated heterocycles. The fourth-order valence-electron chi connectivity index (χ4n) is 1.28. The monoisotopic (exact) mass is 247 g/mol. The lowest BCUT2D eigenvalue weighted by atomic mass is 10.3. The molecule has 6 heteroatoms. The number of hydrogen-bond acceptors (Lipinski definition) is 4. The summed E-state index contributed by atoms with van der Waals surface area (Å²) < 4.78 is 0.311. The molecule has 0 unspecified atom stereocenters. The smallest absolute Gasteiger partial charge is 0.284 e. The van der Waals surface area contributed by atoms with E-state index in [2.05, 4.69) is 10.2 Å². The summed E-state index contributed by atoms with van der Waals surface area (Å²) in [5, 5.41) is 7.75. The number of nitrogens with zero attached hydrogens (tertiary/aromatic N) is 3. The van der Waals surface area contributed by atoms with Crippen molar-refractivity contribution < 1.29 is 4.79 Å². The minimum absolute atomic E-state index is 0.0666. The molecule has 15 heavy (non-hydrogen) atoms. The summed E-state index contributed by atoms with van der Waals surface area (Å²) in [5.41, 5.74) is 0. The first-order chi connectivity index (χ1) is 7.19. The Morgan fingerprint density at radius 1 is 1.33 bits per heavy atom. The van der Waals surface area contributed by atoms with Crippen LogP contribution >= 0.6 is 22.9 Å². The second-order valence-electron chi connectivity index (χ2n) is 3.15. The van der Waals surface area contributed by atoms with Crippen molar-refractivity contribution in [2.45, 2.75) is 26.7 Å². The molecule has 1 rings (SSSR count). The molecule has 84 valence electrons. The lowest BCUT2D eigenvalue weighted by Gasteiger charge is -2.19. The maximum Gasteiger partial charge on any atom is 0.284 e. The average Bonchev–Trinajstić information content (AvgIpc) is 2.63. The van der Waals surface area contributed by atoms with E-state index < -0.39 is 0 Å². The Morgan fingerprint density at radius 3 is 2.33 bits per heavy atom. The maximum absolute atomic E-state index is 11.9. The van der Waals surface area contributed by atoms with E-state index in [4.69, 9.17) is 11.6 Å². The largest absolute Gasteiger partial charge is 0.337 e. The lowest BCUT2D eigenvalue weighted by molar-refractivity contribution is 0.0754. The van der Waals surface area contributed by atoms with Crippen molar-refractivity contribution in [3.63, 3.8) is 0 Å². The van der Waals surface area contributed by atoms with Gasteiger partial charge in [-0.1, -0.05) is 25.2 Å². The predicted octanol–water partition coefficient (Wildman–Crippen LogP) is 2.45. The second-order valence-corrected chi connectivity index (χ2v) is 4.71. The molecule has 1 aromatic heterocycles. The molecule has 0 bridgehead atoms. The summed E-state index contributed by atoms with van der Waals surface area (Å²) in [4.78, 5) is 13.7. The summed E-state index contributed by atoms with van der Waals surface area (Å²) >= 11 is 6.77. The van der Waals surface area contributed by atoms with Gasteiger partial charge in [-0.25, -0.2) is 0 Å². The van der Waals surface area contributed by atoms with Gasteiger partial charge in [-0.15, -0.1) is 10.2 Å². The van der Waals surface area contributed by atoms with Gasteiger partial charge >= 0.3 is 0 Å². The Kier molecular flexibility index (Phi) is 4.98. The number of amides is 1. The Balaban J connectivity index is 2.71. The molecule has 0 aliphatic carbocycles. The lowest BCUT2D eigenvalue weighted by Crippen LogP contribution is -2.32. The van der Waals surface area contributed by atoms with Gasteiger partial charge < -0.3 is 4.90 Å². The minimum atomic E-state index is -0.0666. The average molecular weight is 248 g/mol. The Bertz CT molecular complexity index is 323. The van der Waals surface area contributed by atoms with Crippen molar-refractivity contribution >= 4 is 28.8 Å². The third-order valence-corrected chi connectivity index (χ3v) is 2.86. The highest BCUT2D eigenvalue weighted by atomic mass is 35.5. The van der Waals surface area contributed by atoms with Crippen molar-refractivity contribution in [3.8, 4) is 0 Å². The van der Waals surface area contributed by atoms with Crippen LogP contribution in [0.15, 0.2) is 0 Å². The first-order valence-electron chi connectivity index (χ1n) is 4.97. The molecule has 0 N–H and O–H groups in total. The van der Waals surface area contributed by atoms with Crippen LogP contribution in [0.25, 0.3) is 0 Å². The molecule has 1 amide bonds. The third-order valence-electron chi connectivity index (χ3n) is 1.86. The first-order valence-corrected chi connectivity index (χ1v) is 6.16. The SMILES string of the molecule is CCCN(CCC)C(=O)c1nnc(Cl)s1. The molecular formula is C9H14ClN3OS. The van der Waals surface area contributed by atoms with E-state index in [1.165, 1.54) is 0 Å². The third kappa shape index (κ3) is 3.43. The zero-order valence-electron chi connectivity index (χ0n) is 8.86. The Morgan fingerprint density at radius 2 is 1.93 bits per heavy atom. The Hall–Kier alpha value is -0.680. The predicted molar refractivity (Wildman–Crippen MR) is 61.4 cm³/mol. The summed E-state index contributed by atoms with van der Waals surface area (Å²) in [6.45, 7) is 5.60.